The van der Waals surface area contributed by atoms with Gasteiger partial charge in [0.05, 0.1) is 14.2 Å². The maximum absolute atomic E-state index is 11.5. The molecule has 1 heterocycles. The Hall–Kier alpha value is -1.36. The highest BCUT2D eigenvalue weighted by Crippen LogP contribution is 2.42. The van der Waals surface area contributed by atoms with Gasteiger partial charge < -0.3 is 14.6 Å². The molecule has 1 unspecified atom stereocenters. The van der Waals surface area contributed by atoms with Gasteiger partial charge in [-0.05, 0) is 42.7 Å². The zero-order chi connectivity index (χ0) is 13.9. The van der Waals surface area contributed by atoms with Crippen molar-refractivity contribution in [3.63, 3.8) is 0 Å². The molecule has 0 aliphatic carbocycles. The van der Waals surface area contributed by atoms with E-state index in [0.29, 0.717) is 17.9 Å². The molecule has 1 aromatic carbocycles. The fraction of sp³-hybridized carbons (Fsp3) is 0.500. The predicted octanol–water partition coefficient (Wildman–Crippen LogP) is 2.60. The van der Waals surface area contributed by atoms with Gasteiger partial charge in [0.2, 0.25) is 0 Å². The van der Waals surface area contributed by atoms with Crippen LogP contribution in [0.1, 0.15) is 18.4 Å². The van der Waals surface area contributed by atoms with Crippen LogP contribution < -0.4 is 9.47 Å². The van der Waals surface area contributed by atoms with Crippen LogP contribution in [0.4, 0.5) is 0 Å². The number of carboxylic acids is 1. The van der Waals surface area contributed by atoms with Gasteiger partial charge in [0, 0.05) is 0 Å². The molecule has 0 aromatic heterocycles. The fourth-order valence-corrected chi connectivity index (χ4v) is 3.76. The maximum Gasteiger partial charge on any atom is 0.320 e. The SMILES string of the molecule is COc1ccc(CC2(C(=O)O)CCCS2)cc1OC. The summed E-state index contributed by atoms with van der Waals surface area (Å²) < 4.78 is 9.76. The predicted molar refractivity (Wildman–Crippen MR) is 75.3 cm³/mol. The summed E-state index contributed by atoms with van der Waals surface area (Å²) in [6.07, 6.45) is 2.21. The van der Waals surface area contributed by atoms with Crippen molar-refractivity contribution < 1.29 is 19.4 Å². The molecule has 1 N–H and O–H groups in total. The average Bonchev–Trinajstić information content (AvgIpc) is 2.88. The van der Waals surface area contributed by atoms with E-state index in [4.69, 9.17) is 9.47 Å². The van der Waals surface area contributed by atoms with Crippen LogP contribution in [0.15, 0.2) is 18.2 Å². The first kappa shape index (κ1) is 14.1. The van der Waals surface area contributed by atoms with E-state index in [9.17, 15) is 9.90 Å². The van der Waals surface area contributed by atoms with Crippen LogP contribution in [0.3, 0.4) is 0 Å². The van der Waals surface area contributed by atoms with E-state index >= 15 is 0 Å². The third kappa shape index (κ3) is 2.81. The normalized spacial score (nSPS) is 22.2. The minimum Gasteiger partial charge on any atom is -0.493 e. The molecule has 0 bridgehead atoms. The van der Waals surface area contributed by atoms with Crippen molar-refractivity contribution in [1.29, 1.82) is 0 Å². The Balaban J connectivity index is 2.25. The van der Waals surface area contributed by atoms with E-state index < -0.39 is 10.7 Å². The number of benzene rings is 1. The van der Waals surface area contributed by atoms with Gasteiger partial charge in [0.25, 0.3) is 0 Å². The van der Waals surface area contributed by atoms with E-state index in [0.717, 1.165) is 24.2 Å². The summed E-state index contributed by atoms with van der Waals surface area (Å²) in [7, 11) is 3.17. The Bertz CT molecular complexity index is 467. The van der Waals surface area contributed by atoms with Crippen molar-refractivity contribution in [1.82, 2.24) is 0 Å². The Morgan fingerprint density at radius 3 is 2.63 bits per heavy atom. The van der Waals surface area contributed by atoms with Crippen LogP contribution in [-0.2, 0) is 11.2 Å². The second-order valence-electron chi connectivity index (χ2n) is 4.62. The lowest BCUT2D eigenvalue weighted by Crippen LogP contribution is -2.34. The van der Waals surface area contributed by atoms with Gasteiger partial charge in [-0.15, -0.1) is 11.8 Å². The topological polar surface area (TPSA) is 55.8 Å². The number of hydrogen-bond acceptors (Lipinski definition) is 4. The van der Waals surface area contributed by atoms with E-state index in [1.807, 2.05) is 18.2 Å². The summed E-state index contributed by atoms with van der Waals surface area (Å²) in [5, 5.41) is 9.48. The number of ether oxygens (including phenoxy) is 2. The van der Waals surface area contributed by atoms with Gasteiger partial charge in [0.15, 0.2) is 11.5 Å². The molecule has 1 atom stereocenters. The van der Waals surface area contributed by atoms with E-state index in [2.05, 4.69) is 0 Å². The lowest BCUT2D eigenvalue weighted by molar-refractivity contribution is -0.139. The highest BCUT2D eigenvalue weighted by atomic mass is 32.2. The largest absolute Gasteiger partial charge is 0.493 e. The molecule has 19 heavy (non-hydrogen) atoms. The van der Waals surface area contributed by atoms with Gasteiger partial charge in [-0.1, -0.05) is 6.07 Å². The van der Waals surface area contributed by atoms with E-state index in [-0.39, 0.29) is 0 Å². The lowest BCUT2D eigenvalue weighted by atomic mass is 9.94. The third-order valence-corrected chi connectivity index (χ3v) is 5.00. The Kier molecular flexibility index (Phi) is 4.24. The maximum atomic E-state index is 11.5. The molecule has 1 saturated heterocycles. The number of rotatable bonds is 5. The van der Waals surface area contributed by atoms with Crippen LogP contribution in [-0.4, -0.2) is 35.8 Å². The molecular formula is C14H18O4S. The molecule has 1 aromatic rings. The van der Waals surface area contributed by atoms with Gasteiger partial charge in [-0.3, -0.25) is 4.79 Å². The molecule has 0 spiro atoms. The van der Waals surface area contributed by atoms with E-state index in [1.165, 1.54) is 0 Å². The second-order valence-corrected chi connectivity index (χ2v) is 6.10. The Morgan fingerprint density at radius 2 is 2.11 bits per heavy atom. The van der Waals surface area contributed by atoms with Crippen molar-refractivity contribution in [3.05, 3.63) is 23.8 Å². The second kappa shape index (κ2) is 5.74. The van der Waals surface area contributed by atoms with E-state index in [1.54, 1.807) is 26.0 Å². The number of carbonyl (C=O) groups is 1. The van der Waals surface area contributed by atoms with Gasteiger partial charge in [0.1, 0.15) is 4.75 Å². The summed E-state index contributed by atoms with van der Waals surface area (Å²) >= 11 is 1.54. The van der Waals surface area contributed by atoms with Crippen molar-refractivity contribution in [3.8, 4) is 11.5 Å². The zero-order valence-electron chi connectivity index (χ0n) is 11.1. The van der Waals surface area contributed by atoms with Crippen LogP contribution >= 0.6 is 11.8 Å². The minimum atomic E-state index is -0.718. The first-order chi connectivity index (χ1) is 9.11. The number of methoxy groups -OCH3 is 2. The number of aliphatic carboxylic acids is 1. The number of hydrogen-bond donors (Lipinski definition) is 1. The molecule has 0 saturated carbocycles. The first-order valence-corrected chi connectivity index (χ1v) is 7.18. The highest BCUT2D eigenvalue weighted by Gasteiger charge is 2.42. The molecular weight excluding hydrogens is 264 g/mol. The molecule has 5 heteroatoms. The smallest absolute Gasteiger partial charge is 0.320 e. The summed E-state index contributed by atoms with van der Waals surface area (Å²) in [4.78, 5) is 11.5. The summed E-state index contributed by atoms with van der Waals surface area (Å²) in [6.45, 7) is 0. The molecule has 0 amide bonds. The van der Waals surface area contributed by atoms with Crippen LogP contribution in [0.5, 0.6) is 11.5 Å². The minimum absolute atomic E-state index is 0.521. The number of thioether (sulfide) groups is 1. The zero-order valence-corrected chi connectivity index (χ0v) is 12.0. The van der Waals surface area contributed by atoms with Crippen LogP contribution in [0.25, 0.3) is 0 Å². The average molecular weight is 282 g/mol. The molecule has 1 aliphatic rings. The lowest BCUT2D eigenvalue weighted by Gasteiger charge is -2.23. The van der Waals surface area contributed by atoms with Gasteiger partial charge in [-0.25, -0.2) is 0 Å². The summed E-state index contributed by atoms with van der Waals surface area (Å²) in [5.41, 5.74) is 0.967. The Labute approximate surface area is 117 Å². The number of carboxylic acid groups (broad SMARTS) is 1. The van der Waals surface area contributed by atoms with Crippen LogP contribution in [0.2, 0.25) is 0 Å². The summed E-state index contributed by atoms with van der Waals surface area (Å²) in [6, 6.07) is 5.59. The quantitative estimate of drug-likeness (QED) is 0.899. The monoisotopic (exact) mass is 282 g/mol. The Morgan fingerprint density at radius 1 is 1.37 bits per heavy atom. The molecule has 0 radical (unpaired) electrons. The van der Waals surface area contributed by atoms with Crippen molar-refractivity contribution in [2.24, 2.45) is 0 Å². The molecule has 104 valence electrons. The molecule has 4 nitrogen and oxygen atoms in total. The van der Waals surface area contributed by atoms with Gasteiger partial charge in [-0.2, -0.15) is 0 Å². The van der Waals surface area contributed by atoms with Crippen molar-refractivity contribution >= 4 is 17.7 Å². The highest BCUT2D eigenvalue weighted by molar-refractivity contribution is 8.01. The summed E-state index contributed by atoms with van der Waals surface area (Å²) in [5.74, 6) is 1.50. The third-order valence-electron chi connectivity index (χ3n) is 3.43. The van der Waals surface area contributed by atoms with Crippen LogP contribution in [0, 0.1) is 0 Å². The van der Waals surface area contributed by atoms with Crippen molar-refractivity contribution in [2.75, 3.05) is 20.0 Å². The van der Waals surface area contributed by atoms with Gasteiger partial charge >= 0.3 is 5.97 Å². The first-order valence-electron chi connectivity index (χ1n) is 6.19. The molecule has 2 rings (SSSR count). The fourth-order valence-electron chi connectivity index (χ4n) is 2.40. The molecule has 1 aliphatic heterocycles. The molecule has 1 fully saturated rings. The van der Waals surface area contributed by atoms with Crippen molar-refractivity contribution in [2.45, 2.75) is 24.0 Å². The standard InChI is InChI=1S/C14H18O4S/c1-17-11-5-4-10(8-12(11)18-2)9-14(13(15)16)6-3-7-19-14/h4-5,8H,3,6-7,9H2,1-2H3,(H,15,16).